The summed E-state index contributed by atoms with van der Waals surface area (Å²) in [4.78, 5) is 23.4. The van der Waals surface area contributed by atoms with Crippen LogP contribution in [-0.4, -0.2) is 296 Å². The number of benzene rings is 2. The van der Waals surface area contributed by atoms with E-state index in [9.17, 15) is 26.0 Å². The molecule has 0 bridgehead atoms. The van der Waals surface area contributed by atoms with Crippen molar-refractivity contribution < 1.29 is 157 Å². The Kier molecular flexibility index (Phi) is 118. The summed E-state index contributed by atoms with van der Waals surface area (Å²) in [5, 5.41) is 27.2. The van der Waals surface area contributed by atoms with Crippen LogP contribution in [0.15, 0.2) is 63.4 Å². The van der Waals surface area contributed by atoms with E-state index in [1.807, 2.05) is 34.6 Å². The third-order valence-corrected chi connectivity index (χ3v) is 13.2. The topological polar surface area (TPSA) is 461 Å². The predicted octanol–water partition coefficient (Wildman–Crippen LogP) is 7.16. The van der Waals surface area contributed by atoms with Gasteiger partial charge in [0.05, 0.1) is 223 Å². The van der Waals surface area contributed by atoms with Gasteiger partial charge in [0.1, 0.15) is 5.60 Å². The van der Waals surface area contributed by atoms with Gasteiger partial charge in [-0.3, -0.25) is 18.3 Å². The molecule has 0 aromatic heterocycles. The molecule has 0 aliphatic carbocycles. The third-order valence-electron chi connectivity index (χ3n) is 10.5. The number of carbonyl (C=O) groups is 1. The Bertz CT molecular complexity index is 2350. The molecule has 34 nitrogen and oxygen atoms in total. The molecule has 0 aliphatic rings. The largest absolute Gasteiger partial charge is 1.00 e. The number of halogens is 2. The van der Waals surface area contributed by atoms with Crippen molar-refractivity contribution in [1.82, 2.24) is 0 Å². The number of nitrogens with zero attached hydrogens (tertiary/aromatic N) is 6. The molecule has 2 rings (SSSR count). The Morgan fingerprint density at radius 3 is 0.962 bits per heavy atom. The van der Waals surface area contributed by atoms with Crippen LogP contribution < -0.4 is 29.6 Å². The van der Waals surface area contributed by atoms with E-state index in [2.05, 4.69) is 36.4 Å². The molecule has 4 N–H and O–H groups in total. The fourth-order valence-electron chi connectivity index (χ4n) is 6.15. The maximum atomic E-state index is 11.9. The van der Waals surface area contributed by atoms with E-state index in [0.717, 1.165) is 57.3 Å². The van der Waals surface area contributed by atoms with E-state index in [1.165, 1.54) is 29.2 Å². The van der Waals surface area contributed by atoms with E-state index in [1.54, 1.807) is 24.3 Å². The molecule has 0 radical (unpaired) electrons. The summed E-state index contributed by atoms with van der Waals surface area (Å²) in [7, 11) is -2.20. The first-order valence-corrected chi connectivity index (χ1v) is 37.0. The van der Waals surface area contributed by atoms with Crippen molar-refractivity contribution in [3.05, 3.63) is 91.0 Å². The van der Waals surface area contributed by atoms with Gasteiger partial charge in [0.25, 0.3) is 19.2 Å². The Morgan fingerprint density at radius 2 is 0.717 bits per heavy atom. The normalized spacial score (nSPS) is 10.3. The van der Waals surface area contributed by atoms with E-state index in [4.69, 9.17) is 134 Å². The molecule has 0 saturated heterocycles. The van der Waals surface area contributed by atoms with Gasteiger partial charge in [-0.15, -0.1) is 0 Å². The summed E-state index contributed by atoms with van der Waals surface area (Å²) in [6, 6.07) is 12.9. The number of nitrogens with one attached hydrogen (secondary N) is 1. The molecule has 0 amide bonds. The summed E-state index contributed by atoms with van der Waals surface area (Å²) in [6.07, 6.45) is 4.11. The number of hydrogen-bond donors (Lipinski definition) is 4. The summed E-state index contributed by atoms with van der Waals surface area (Å²) in [5.74, 6) is -0.183. The van der Waals surface area contributed by atoms with Crippen LogP contribution in [0.3, 0.4) is 0 Å². The molecule has 0 fully saturated rings. The van der Waals surface area contributed by atoms with Crippen molar-refractivity contribution in [2.45, 2.75) is 118 Å². The van der Waals surface area contributed by atoms with Gasteiger partial charge < -0.3 is 107 Å². The minimum absolute atomic E-state index is 0. The summed E-state index contributed by atoms with van der Waals surface area (Å²) in [5.41, 5.74) is 27.6. The fourth-order valence-corrected chi connectivity index (χ4v) is 7.81. The van der Waals surface area contributed by atoms with Gasteiger partial charge in [-0.25, -0.2) is 8.42 Å². The predicted molar refractivity (Wildman–Crippen MR) is 401 cm³/mol. The first-order chi connectivity index (χ1) is 50.2. The minimum atomic E-state index is -3.73. The fraction of sp³-hybridized carbons (Fsp3) is 0.806. The summed E-state index contributed by atoms with van der Waals surface area (Å²) in [6.45, 7) is 32.9. The van der Waals surface area contributed by atoms with Gasteiger partial charge in [-0.05, 0) is 90.1 Å². The molecule has 0 spiro atoms. The monoisotopic (exact) mass is 1610 g/mol. The van der Waals surface area contributed by atoms with E-state index < -0.39 is 31.9 Å². The first-order valence-electron chi connectivity index (χ1n) is 34.0. The molecule has 0 saturated carbocycles. The zero-order chi connectivity index (χ0) is 79.6. The smallest absolute Gasteiger partial charge is 0.460 e. The van der Waals surface area contributed by atoms with Crippen molar-refractivity contribution in [3.8, 4) is 0 Å². The second kappa shape index (κ2) is 104. The van der Waals surface area contributed by atoms with Gasteiger partial charge in [-0.2, -0.15) is 13.3 Å². The molecular weight excluding hydrogens is 1480 g/mol. The van der Waals surface area contributed by atoms with Crippen LogP contribution in [0.5, 0.6) is 0 Å². The Balaban J connectivity index is -0.000000135. The number of azide groups is 1. The number of carbonyl (C=O) groups excluding carboxylic acids is 1. The molecule has 0 aliphatic heterocycles. The number of hydrogen-bond acceptors (Lipinski definition) is 29. The molecule has 39 heteroatoms. The molecular formula is C67H132ClFN7NaO27S2. The van der Waals surface area contributed by atoms with Crippen LogP contribution in [0.4, 0.5) is 4.39 Å². The molecule has 0 heterocycles. The number of ether oxygens (including phenoxy) is 17. The van der Waals surface area contributed by atoms with Gasteiger partial charge in [0.2, 0.25) is 0 Å². The summed E-state index contributed by atoms with van der Waals surface area (Å²) < 4.78 is 155. The maximum Gasteiger partial charge on any atom is 1.00 e. The quantitative estimate of drug-likeness (QED) is 0.00587. The van der Waals surface area contributed by atoms with Crippen LogP contribution in [0.1, 0.15) is 101 Å². The van der Waals surface area contributed by atoms with Gasteiger partial charge in [0.15, 0.2) is 0 Å². The van der Waals surface area contributed by atoms with Crippen LogP contribution in [-0.2, 0) is 109 Å². The number of esters is 1. The van der Waals surface area contributed by atoms with Gasteiger partial charge >= 0.3 is 35.5 Å². The molecule has 0 unspecified atom stereocenters. The van der Waals surface area contributed by atoms with Crippen LogP contribution in [0.25, 0.3) is 26.4 Å². The number of aryl methyl sites for hydroxylation is 2. The number of nitroso groups, excluding NO2 is 1. The Morgan fingerprint density at radius 1 is 0.481 bits per heavy atom. The summed E-state index contributed by atoms with van der Waals surface area (Å²) >= 11 is 0. The Hall–Kier alpha value is -3.55. The molecule has 2 aromatic rings. The zero-order valence-electron chi connectivity index (χ0n) is 64.2. The van der Waals surface area contributed by atoms with Crippen molar-refractivity contribution in [2.75, 3.05) is 252 Å². The Labute approximate surface area is 660 Å². The zero-order valence-corrected chi connectivity index (χ0v) is 67.6. The minimum Gasteiger partial charge on any atom is -0.460 e. The maximum absolute atomic E-state index is 11.9. The van der Waals surface area contributed by atoms with Crippen molar-refractivity contribution in [1.29, 1.82) is 5.59 Å². The molecule has 624 valence electrons. The standard InChI is InChI=1S/C18H30O7S.C17H34O6.C11H23N3O4.C10H22O6.C7H7ClO2S.CH3F.CH4O.2CH4.N3.HNO.Na/c1-3-8-21-9-10-22-11-12-23-13-14-24-15-16-25-26(19,20)18-6-4-17(2)5-7-18;1-5-8-19-10-12-21-14-15-22-13-11-20-9-6-7-16(18)23-17(2,3)4;1-2-4-15-6-8-17-10-11-18-9-7-16-5-3-13-14-12;11-1-3-13-5-7-15-9-10-16-8-6-14-4-2-12;1-6-2-4-7(5-3-6)11(8,9)10;2*1-2;;;1-3-2;1-2;/h4-7H,3,8-16H2,1-2H3;5-15H2,1-4H3;2-11H2,1H3;11-12H,1-10H2;2-5H,1H3;1H3;2H,1H3;2*1H4;;1H;/q;;;;;;;;;-1;;+1/i;;;;;1D;;;;;;. The molecule has 106 heavy (non-hydrogen) atoms. The van der Waals surface area contributed by atoms with Crippen molar-refractivity contribution in [2.24, 2.45) is 5.11 Å². The average molecular weight is 1610 g/mol. The van der Waals surface area contributed by atoms with Crippen molar-refractivity contribution in [3.63, 3.8) is 0 Å². The number of aliphatic hydroxyl groups excluding tert-OH is 3. The van der Waals surface area contributed by atoms with E-state index >= 15 is 0 Å². The molecule has 2 aromatic carbocycles. The number of alkyl halides is 1. The van der Waals surface area contributed by atoms with E-state index in [0.29, 0.717) is 204 Å². The first kappa shape index (κ1) is 121. The number of rotatable bonds is 59. The van der Waals surface area contributed by atoms with Crippen LogP contribution >= 0.6 is 10.7 Å². The van der Waals surface area contributed by atoms with E-state index in [-0.39, 0.29) is 86.6 Å². The second-order valence-corrected chi connectivity index (χ2v) is 24.5. The third kappa shape index (κ3) is 111. The van der Waals surface area contributed by atoms with Gasteiger partial charge in [0, 0.05) is 62.1 Å². The van der Waals surface area contributed by atoms with Crippen molar-refractivity contribution >= 4 is 35.8 Å². The average Bonchev–Trinajstić information content (AvgIpc) is 0.869. The molecule has 0 atom stereocenters. The second-order valence-electron chi connectivity index (χ2n) is 20.3. The SMILES string of the molecule is C.C.CCCOCCOCCOCCOCCCC(=O)OC(C)(C)C.CCCOCCOCCOCCOCCN=[N+]=[N-].CCCOCCOCCOCCOCCOS(=O)(=O)c1ccc(C)cc1.CO.Cc1ccc(S(=O)(=O)Cl)cc1.N=O.OCCOCCOCCOCCOCCO.[2H]CF.[N-]=[N+]=[N-].[Na+]. The van der Waals surface area contributed by atoms with Crippen LogP contribution in [0.2, 0.25) is 0 Å². The van der Waals surface area contributed by atoms with Gasteiger partial charge in [-0.1, -0.05) is 81.7 Å². The van der Waals surface area contributed by atoms with Crippen LogP contribution in [0, 0.1) is 24.3 Å². The number of aliphatic hydroxyl groups is 3.